The fraction of sp³-hybridized carbons (Fsp3) is 0.722. The summed E-state index contributed by atoms with van der Waals surface area (Å²) < 4.78 is 5.32. The number of cyclic esters (lactones) is 1. The zero-order chi connectivity index (χ0) is 15.6. The van der Waals surface area contributed by atoms with Crippen molar-refractivity contribution in [1.29, 1.82) is 0 Å². The average Bonchev–Trinajstić information content (AvgIpc) is 2.76. The molecule has 0 spiro atoms. The van der Waals surface area contributed by atoms with E-state index in [-0.39, 0.29) is 18.5 Å². The van der Waals surface area contributed by atoms with Gasteiger partial charge < -0.3 is 9.84 Å². The maximum Gasteiger partial charge on any atom is 0.312 e. The van der Waals surface area contributed by atoms with Gasteiger partial charge in [0.15, 0.2) is 0 Å². The zero-order valence-corrected chi connectivity index (χ0v) is 13.5. The van der Waals surface area contributed by atoms with Gasteiger partial charge >= 0.3 is 5.97 Å². The number of esters is 1. The summed E-state index contributed by atoms with van der Waals surface area (Å²) in [5.74, 6) is -0.660. The predicted molar refractivity (Wildman–Crippen MR) is 86.0 cm³/mol. The van der Waals surface area contributed by atoms with Crippen LogP contribution in [0.4, 0.5) is 0 Å². The lowest BCUT2D eigenvalue weighted by Gasteiger charge is -2.16. The van der Waals surface area contributed by atoms with Gasteiger partial charge in [-0.2, -0.15) is 0 Å². The van der Waals surface area contributed by atoms with E-state index in [0.29, 0.717) is 6.42 Å². The van der Waals surface area contributed by atoms with Crippen molar-refractivity contribution in [1.82, 2.24) is 0 Å². The number of rotatable bonds is 10. The molecule has 0 amide bonds. The third kappa shape index (κ3) is 6.94. The molecule has 0 aromatic rings. The van der Waals surface area contributed by atoms with E-state index in [9.17, 15) is 4.79 Å². The molecule has 0 aromatic heterocycles. The molecule has 21 heavy (non-hydrogen) atoms. The molecule has 1 rings (SSSR count). The molecule has 1 aliphatic rings. The van der Waals surface area contributed by atoms with E-state index >= 15 is 0 Å². The molecular formula is C18H30O3. The highest BCUT2D eigenvalue weighted by Crippen LogP contribution is 2.31. The van der Waals surface area contributed by atoms with Crippen molar-refractivity contribution in [3.63, 3.8) is 0 Å². The van der Waals surface area contributed by atoms with Gasteiger partial charge in [-0.1, -0.05) is 57.3 Å². The number of hydrogen-bond donors (Lipinski definition) is 1. The number of carbonyl (C=O) groups excluding carboxylic acids is 1. The summed E-state index contributed by atoms with van der Waals surface area (Å²) in [6, 6.07) is 0. The van der Waals surface area contributed by atoms with Crippen LogP contribution in [-0.4, -0.2) is 23.3 Å². The Labute approximate surface area is 129 Å². The molecule has 0 aliphatic carbocycles. The van der Waals surface area contributed by atoms with Gasteiger partial charge in [-0.15, -0.1) is 0 Å². The molecule has 0 saturated carbocycles. The molecule has 1 N–H and O–H groups in total. The molecule has 1 unspecified atom stereocenters. The number of ether oxygens (including phenoxy) is 1. The number of carbonyl (C=O) groups is 1. The SMILES string of the molecule is CCCCCCCC/C=C/C=C/[C@@]1(C)CC(CO)C(=O)O1. The first-order valence-corrected chi connectivity index (χ1v) is 8.29. The van der Waals surface area contributed by atoms with Gasteiger partial charge in [-0.25, -0.2) is 0 Å². The third-order valence-electron chi connectivity index (χ3n) is 3.96. The van der Waals surface area contributed by atoms with E-state index in [4.69, 9.17) is 9.84 Å². The maximum absolute atomic E-state index is 11.5. The van der Waals surface area contributed by atoms with Crippen molar-refractivity contribution in [3.05, 3.63) is 24.3 Å². The summed E-state index contributed by atoms with van der Waals surface area (Å²) in [6.45, 7) is 3.99. The molecule has 1 saturated heterocycles. The van der Waals surface area contributed by atoms with Crippen LogP contribution in [0.5, 0.6) is 0 Å². The Balaban J connectivity index is 2.16. The van der Waals surface area contributed by atoms with Gasteiger partial charge in [0.1, 0.15) is 5.60 Å². The Hall–Kier alpha value is -1.09. The van der Waals surface area contributed by atoms with Crippen LogP contribution in [0.2, 0.25) is 0 Å². The van der Waals surface area contributed by atoms with E-state index in [1.165, 1.54) is 38.5 Å². The van der Waals surface area contributed by atoms with Gasteiger partial charge in [-0.3, -0.25) is 4.79 Å². The van der Waals surface area contributed by atoms with Crippen LogP contribution in [0.25, 0.3) is 0 Å². The highest BCUT2D eigenvalue weighted by molar-refractivity contribution is 5.75. The van der Waals surface area contributed by atoms with Crippen molar-refractivity contribution < 1.29 is 14.6 Å². The normalized spacial score (nSPS) is 26.0. The number of unbranched alkanes of at least 4 members (excludes halogenated alkanes) is 6. The number of aliphatic hydroxyl groups excluding tert-OH is 1. The van der Waals surface area contributed by atoms with E-state index in [1.807, 2.05) is 25.2 Å². The molecule has 0 aromatic carbocycles. The Morgan fingerprint density at radius 2 is 1.95 bits per heavy atom. The minimum absolute atomic E-state index is 0.129. The highest BCUT2D eigenvalue weighted by atomic mass is 16.6. The monoisotopic (exact) mass is 294 g/mol. The third-order valence-corrected chi connectivity index (χ3v) is 3.96. The van der Waals surface area contributed by atoms with Crippen LogP contribution < -0.4 is 0 Å². The molecule has 2 atom stereocenters. The molecular weight excluding hydrogens is 264 g/mol. The van der Waals surface area contributed by atoms with Crippen molar-refractivity contribution in [2.75, 3.05) is 6.61 Å². The number of allylic oxidation sites excluding steroid dienone is 3. The fourth-order valence-corrected chi connectivity index (χ4v) is 2.64. The van der Waals surface area contributed by atoms with Crippen molar-refractivity contribution in [3.8, 4) is 0 Å². The van der Waals surface area contributed by atoms with Crippen LogP contribution in [-0.2, 0) is 9.53 Å². The predicted octanol–water partition coefficient (Wildman–Crippen LogP) is 4.16. The second kappa shape index (κ2) is 9.78. The maximum atomic E-state index is 11.5. The van der Waals surface area contributed by atoms with Crippen LogP contribution in [0.1, 0.15) is 65.2 Å². The quantitative estimate of drug-likeness (QED) is 0.374. The number of hydrogen-bond acceptors (Lipinski definition) is 3. The van der Waals surface area contributed by atoms with Crippen molar-refractivity contribution in [2.24, 2.45) is 5.92 Å². The Bertz CT molecular complexity index is 359. The minimum Gasteiger partial charge on any atom is -0.455 e. The van der Waals surface area contributed by atoms with E-state index in [1.54, 1.807) is 0 Å². The summed E-state index contributed by atoms with van der Waals surface area (Å²) in [4.78, 5) is 11.5. The first-order valence-electron chi connectivity index (χ1n) is 8.29. The van der Waals surface area contributed by atoms with E-state index < -0.39 is 5.60 Å². The van der Waals surface area contributed by atoms with E-state index in [0.717, 1.165) is 6.42 Å². The Morgan fingerprint density at radius 1 is 1.24 bits per heavy atom. The summed E-state index contributed by atoms with van der Waals surface area (Å²) in [6.07, 6.45) is 17.6. The first kappa shape index (κ1) is 18.0. The lowest BCUT2D eigenvalue weighted by Crippen LogP contribution is -2.20. The average molecular weight is 294 g/mol. The summed E-state index contributed by atoms with van der Waals surface area (Å²) in [7, 11) is 0. The molecule has 1 aliphatic heterocycles. The Kier molecular flexibility index (Phi) is 8.36. The summed E-state index contributed by atoms with van der Waals surface area (Å²) in [5.41, 5.74) is -0.561. The molecule has 120 valence electrons. The molecule has 0 radical (unpaired) electrons. The summed E-state index contributed by atoms with van der Waals surface area (Å²) in [5, 5.41) is 9.08. The van der Waals surface area contributed by atoms with Crippen LogP contribution in [0, 0.1) is 5.92 Å². The second-order valence-corrected chi connectivity index (χ2v) is 6.16. The second-order valence-electron chi connectivity index (χ2n) is 6.16. The molecule has 1 fully saturated rings. The van der Waals surface area contributed by atoms with E-state index in [2.05, 4.69) is 13.0 Å². The first-order chi connectivity index (χ1) is 10.1. The molecule has 1 heterocycles. The molecule has 0 bridgehead atoms. The minimum atomic E-state index is -0.561. The topological polar surface area (TPSA) is 46.5 Å². The van der Waals surface area contributed by atoms with Crippen LogP contribution in [0.3, 0.4) is 0 Å². The molecule has 3 nitrogen and oxygen atoms in total. The van der Waals surface area contributed by atoms with Crippen molar-refractivity contribution >= 4 is 5.97 Å². The largest absolute Gasteiger partial charge is 0.455 e. The standard InChI is InChI=1S/C18H30O3/c1-3-4-5-6-7-8-9-10-11-12-13-18(2)14-16(15-19)17(20)21-18/h10-13,16,19H,3-9,14-15H2,1-2H3/b11-10+,13-12+/t16?,18-/m0/s1. The number of aliphatic hydroxyl groups is 1. The van der Waals surface area contributed by atoms with Gasteiger partial charge in [-0.05, 0) is 25.8 Å². The van der Waals surface area contributed by atoms with Gasteiger partial charge in [0.2, 0.25) is 0 Å². The van der Waals surface area contributed by atoms with Crippen molar-refractivity contribution in [2.45, 2.75) is 70.8 Å². The lowest BCUT2D eigenvalue weighted by molar-refractivity contribution is -0.147. The van der Waals surface area contributed by atoms with Crippen LogP contribution in [0.15, 0.2) is 24.3 Å². The van der Waals surface area contributed by atoms with Gasteiger partial charge in [0.05, 0.1) is 12.5 Å². The lowest BCUT2D eigenvalue weighted by atomic mass is 9.96. The summed E-state index contributed by atoms with van der Waals surface area (Å²) >= 11 is 0. The fourth-order valence-electron chi connectivity index (χ4n) is 2.64. The van der Waals surface area contributed by atoms with Crippen LogP contribution >= 0.6 is 0 Å². The Morgan fingerprint density at radius 3 is 2.62 bits per heavy atom. The molecule has 3 heteroatoms. The van der Waals surface area contributed by atoms with Gasteiger partial charge in [0, 0.05) is 6.42 Å². The smallest absolute Gasteiger partial charge is 0.312 e. The van der Waals surface area contributed by atoms with Gasteiger partial charge in [0.25, 0.3) is 0 Å². The highest BCUT2D eigenvalue weighted by Gasteiger charge is 2.41. The zero-order valence-electron chi connectivity index (χ0n) is 13.5.